The Hall–Kier alpha value is -0.780. The van der Waals surface area contributed by atoms with E-state index >= 15 is 0 Å². The topological polar surface area (TPSA) is 0 Å². The third kappa shape index (κ3) is 6.39. The van der Waals surface area contributed by atoms with E-state index in [0.717, 1.165) is 6.42 Å². The monoisotopic (exact) mass is 175 g/mol. The lowest BCUT2D eigenvalue weighted by Gasteiger charge is -1.94. The summed E-state index contributed by atoms with van der Waals surface area (Å²) in [5, 5.41) is 0. The van der Waals surface area contributed by atoms with Gasteiger partial charge in [-0.25, -0.2) is 0 Å². The molecule has 0 bridgehead atoms. The molecule has 13 heavy (non-hydrogen) atoms. The minimum absolute atomic E-state index is 1.13. The SMILES string of the molecule is [C]1=C/CC/C=C/CCCCC/C=C/1. The van der Waals surface area contributed by atoms with Crippen LogP contribution in [0.3, 0.4) is 0 Å². The maximum Gasteiger partial charge on any atom is -0.0230 e. The minimum Gasteiger partial charge on any atom is -0.0885 e. The van der Waals surface area contributed by atoms with Crippen LogP contribution < -0.4 is 0 Å². The van der Waals surface area contributed by atoms with Gasteiger partial charge in [-0.05, 0) is 44.6 Å². The molecular weight excluding hydrogens is 156 g/mol. The third-order valence-corrected chi connectivity index (χ3v) is 2.22. The Labute approximate surface area is 82.0 Å². The first-order chi connectivity index (χ1) is 6.50. The zero-order valence-electron chi connectivity index (χ0n) is 8.34. The van der Waals surface area contributed by atoms with Crippen molar-refractivity contribution in [2.45, 2.75) is 44.9 Å². The van der Waals surface area contributed by atoms with Crippen molar-refractivity contribution in [3.63, 3.8) is 0 Å². The van der Waals surface area contributed by atoms with E-state index in [1.54, 1.807) is 0 Å². The molecular formula is C13H19. The molecule has 0 spiro atoms. The van der Waals surface area contributed by atoms with Gasteiger partial charge in [-0.15, -0.1) is 0 Å². The summed E-state index contributed by atoms with van der Waals surface area (Å²) < 4.78 is 0. The van der Waals surface area contributed by atoms with Gasteiger partial charge < -0.3 is 0 Å². The standard InChI is InChI=1S/C13H19/c1-2-4-6-8-10-12-13-11-9-7-5-3-1/h1-2,7,11,13H,3-6,8,10,12H2/b2-1+,9-7?,13-11+. The van der Waals surface area contributed by atoms with Crippen molar-refractivity contribution in [1.82, 2.24) is 0 Å². The van der Waals surface area contributed by atoms with Crippen LogP contribution in [0.25, 0.3) is 0 Å². The lowest BCUT2D eigenvalue weighted by atomic mass is 10.1. The first-order valence-electron chi connectivity index (χ1n) is 5.38. The first kappa shape index (κ1) is 10.3. The molecule has 0 heterocycles. The summed E-state index contributed by atoms with van der Waals surface area (Å²) in [6.45, 7) is 0. The summed E-state index contributed by atoms with van der Waals surface area (Å²) in [4.78, 5) is 0. The Bertz CT molecular complexity index is 184. The molecule has 1 aliphatic carbocycles. The fourth-order valence-corrected chi connectivity index (χ4v) is 1.42. The van der Waals surface area contributed by atoms with Crippen molar-refractivity contribution in [3.05, 3.63) is 36.5 Å². The van der Waals surface area contributed by atoms with E-state index in [1.807, 2.05) is 0 Å². The maximum absolute atomic E-state index is 3.18. The van der Waals surface area contributed by atoms with Gasteiger partial charge in [0.1, 0.15) is 0 Å². The van der Waals surface area contributed by atoms with Crippen LogP contribution in [-0.4, -0.2) is 0 Å². The van der Waals surface area contributed by atoms with E-state index in [4.69, 9.17) is 0 Å². The smallest absolute Gasteiger partial charge is 0.0230 e. The number of allylic oxidation sites excluding steroid dienone is 6. The van der Waals surface area contributed by atoms with Crippen LogP contribution in [0.2, 0.25) is 0 Å². The number of rotatable bonds is 0. The number of hydrogen-bond acceptors (Lipinski definition) is 0. The molecule has 71 valence electrons. The van der Waals surface area contributed by atoms with Gasteiger partial charge in [0.05, 0.1) is 0 Å². The second kappa shape index (κ2) is 7.85. The molecule has 0 aliphatic heterocycles. The summed E-state index contributed by atoms with van der Waals surface area (Å²) >= 11 is 0. The predicted octanol–water partition coefficient (Wildman–Crippen LogP) is 4.20. The normalized spacial score (nSPS) is 27.7. The van der Waals surface area contributed by atoms with Gasteiger partial charge in [0.25, 0.3) is 0 Å². The predicted molar refractivity (Wildman–Crippen MR) is 58.4 cm³/mol. The van der Waals surface area contributed by atoms with Gasteiger partial charge in [0.2, 0.25) is 0 Å². The summed E-state index contributed by atoms with van der Waals surface area (Å²) in [7, 11) is 0. The molecule has 0 heteroatoms. The summed E-state index contributed by atoms with van der Waals surface area (Å²) in [5.74, 6) is 0. The van der Waals surface area contributed by atoms with Crippen LogP contribution in [0.15, 0.2) is 30.4 Å². The van der Waals surface area contributed by atoms with E-state index in [0.29, 0.717) is 0 Å². The van der Waals surface area contributed by atoms with Gasteiger partial charge in [0, 0.05) is 0 Å². The van der Waals surface area contributed by atoms with E-state index in [-0.39, 0.29) is 0 Å². The maximum atomic E-state index is 3.18. The lowest BCUT2D eigenvalue weighted by Crippen LogP contribution is -1.74. The van der Waals surface area contributed by atoms with Crippen LogP contribution in [0.5, 0.6) is 0 Å². The molecule has 1 radical (unpaired) electrons. The highest BCUT2D eigenvalue weighted by Gasteiger charge is 1.86. The molecule has 0 aromatic carbocycles. The molecule has 1 aliphatic rings. The van der Waals surface area contributed by atoms with Gasteiger partial charge in [-0.2, -0.15) is 0 Å². The molecule has 0 saturated carbocycles. The Balaban J connectivity index is 2.28. The van der Waals surface area contributed by atoms with E-state index in [2.05, 4.69) is 36.5 Å². The van der Waals surface area contributed by atoms with Crippen molar-refractivity contribution in [2.75, 3.05) is 0 Å². The zero-order valence-corrected chi connectivity index (χ0v) is 8.34. The molecule has 0 aromatic heterocycles. The van der Waals surface area contributed by atoms with Crippen LogP contribution >= 0.6 is 0 Å². The molecule has 0 aromatic rings. The highest BCUT2D eigenvalue weighted by molar-refractivity contribution is 4.96. The minimum atomic E-state index is 1.13. The van der Waals surface area contributed by atoms with E-state index in [9.17, 15) is 0 Å². The van der Waals surface area contributed by atoms with Crippen molar-refractivity contribution in [3.8, 4) is 0 Å². The average molecular weight is 175 g/mol. The van der Waals surface area contributed by atoms with Crippen LogP contribution in [0.4, 0.5) is 0 Å². The molecule has 0 N–H and O–H groups in total. The quantitative estimate of drug-likeness (QED) is 0.484. The largest absolute Gasteiger partial charge is 0.0885 e. The number of hydrogen-bond donors (Lipinski definition) is 0. The lowest BCUT2D eigenvalue weighted by molar-refractivity contribution is 0.695. The third-order valence-electron chi connectivity index (χ3n) is 2.22. The molecule has 0 amide bonds. The Morgan fingerprint density at radius 3 is 2.38 bits per heavy atom. The first-order valence-corrected chi connectivity index (χ1v) is 5.38. The van der Waals surface area contributed by atoms with Gasteiger partial charge in [-0.3, -0.25) is 0 Å². The van der Waals surface area contributed by atoms with Crippen LogP contribution in [0, 0.1) is 6.08 Å². The molecule has 0 atom stereocenters. The fraction of sp³-hybridized carbons (Fsp3) is 0.538. The highest BCUT2D eigenvalue weighted by Crippen LogP contribution is 2.06. The summed E-state index contributed by atoms with van der Waals surface area (Å²) in [6, 6.07) is 0. The fourth-order valence-electron chi connectivity index (χ4n) is 1.42. The van der Waals surface area contributed by atoms with Crippen molar-refractivity contribution in [2.24, 2.45) is 0 Å². The van der Waals surface area contributed by atoms with E-state index < -0.39 is 0 Å². The molecule has 0 fully saturated rings. The van der Waals surface area contributed by atoms with Gasteiger partial charge in [-0.1, -0.05) is 36.8 Å². The van der Waals surface area contributed by atoms with Crippen LogP contribution in [0.1, 0.15) is 44.9 Å². The highest BCUT2D eigenvalue weighted by atomic mass is 13.9. The summed E-state index contributed by atoms with van der Waals surface area (Å²) in [5.41, 5.74) is 0. The second-order valence-electron chi connectivity index (χ2n) is 3.46. The molecule has 0 unspecified atom stereocenters. The Kier molecular flexibility index (Phi) is 6.22. The second-order valence-corrected chi connectivity index (χ2v) is 3.46. The van der Waals surface area contributed by atoms with Gasteiger partial charge in [0.15, 0.2) is 0 Å². The van der Waals surface area contributed by atoms with Crippen LogP contribution in [-0.2, 0) is 0 Å². The van der Waals surface area contributed by atoms with E-state index in [1.165, 1.54) is 38.5 Å². The summed E-state index contributed by atoms with van der Waals surface area (Å²) in [6.07, 6.45) is 23.0. The Morgan fingerprint density at radius 1 is 0.692 bits per heavy atom. The average Bonchev–Trinajstić information content (AvgIpc) is 2.18. The zero-order chi connectivity index (χ0) is 9.19. The Morgan fingerprint density at radius 2 is 1.46 bits per heavy atom. The molecule has 1 rings (SSSR count). The molecule has 0 saturated heterocycles. The van der Waals surface area contributed by atoms with Crippen molar-refractivity contribution >= 4 is 0 Å². The molecule has 0 nitrogen and oxygen atoms in total. The van der Waals surface area contributed by atoms with Crippen molar-refractivity contribution < 1.29 is 0 Å². The van der Waals surface area contributed by atoms with Gasteiger partial charge >= 0.3 is 0 Å². The van der Waals surface area contributed by atoms with Crippen molar-refractivity contribution in [1.29, 1.82) is 0 Å².